The second-order valence-electron chi connectivity index (χ2n) is 5.12. The Bertz CT molecular complexity index is 410. The average molecular weight is 266 g/mol. The minimum absolute atomic E-state index is 0.366. The topological polar surface area (TPSA) is 64.8 Å². The standard InChI is InChI=1S/C14H22N2O3/c1-14(2,3)19-13(17)16(10-9-15)11-5-7-12(18-4)8-6-11/h5-8H,9-10,15H2,1-4H3. The summed E-state index contributed by atoms with van der Waals surface area (Å²) < 4.78 is 10.5. The summed E-state index contributed by atoms with van der Waals surface area (Å²) in [4.78, 5) is 13.6. The highest BCUT2D eigenvalue weighted by Crippen LogP contribution is 2.21. The van der Waals surface area contributed by atoms with Crippen LogP contribution in [0.5, 0.6) is 5.75 Å². The number of carbonyl (C=O) groups excluding carboxylic acids is 1. The largest absolute Gasteiger partial charge is 0.497 e. The molecule has 0 aliphatic carbocycles. The maximum absolute atomic E-state index is 12.1. The van der Waals surface area contributed by atoms with E-state index in [9.17, 15) is 4.79 Å². The molecular formula is C14H22N2O3. The molecule has 5 heteroatoms. The monoisotopic (exact) mass is 266 g/mol. The molecule has 0 heterocycles. The average Bonchev–Trinajstić information content (AvgIpc) is 2.34. The summed E-state index contributed by atoms with van der Waals surface area (Å²) in [5.41, 5.74) is 5.76. The molecule has 0 spiro atoms. The van der Waals surface area contributed by atoms with Gasteiger partial charge in [-0.3, -0.25) is 4.90 Å². The minimum atomic E-state index is -0.531. The normalized spacial score (nSPS) is 11.0. The number of hydrogen-bond donors (Lipinski definition) is 1. The molecule has 0 unspecified atom stereocenters. The van der Waals surface area contributed by atoms with Crippen LogP contribution in [0.2, 0.25) is 0 Å². The zero-order chi connectivity index (χ0) is 14.5. The molecule has 0 saturated heterocycles. The van der Waals surface area contributed by atoms with E-state index in [1.54, 1.807) is 31.4 Å². The Morgan fingerprint density at radius 1 is 1.26 bits per heavy atom. The molecule has 5 nitrogen and oxygen atoms in total. The predicted molar refractivity (Wildman–Crippen MR) is 75.6 cm³/mol. The lowest BCUT2D eigenvalue weighted by Gasteiger charge is -2.27. The van der Waals surface area contributed by atoms with Crippen molar-refractivity contribution in [1.82, 2.24) is 0 Å². The fourth-order valence-corrected chi connectivity index (χ4v) is 1.53. The highest BCUT2D eigenvalue weighted by atomic mass is 16.6. The van der Waals surface area contributed by atoms with Crippen LogP contribution >= 0.6 is 0 Å². The Balaban J connectivity index is 2.89. The van der Waals surface area contributed by atoms with Crippen LogP contribution in [0.25, 0.3) is 0 Å². The molecule has 0 aromatic heterocycles. The van der Waals surface area contributed by atoms with Gasteiger partial charge in [-0.05, 0) is 45.0 Å². The number of carbonyl (C=O) groups is 1. The molecule has 1 amide bonds. The second kappa shape index (κ2) is 6.43. The highest BCUT2D eigenvalue weighted by Gasteiger charge is 2.22. The van der Waals surface area contributed by atoms with Gasteiger partial charge in [0.25, 0.3) is 0 Å². The molecule has 106 valence electrons. The molecule has 0 aliphatic rings. The molecule has 2 N–H and O–H groups in total. The van der Waals surface area contributed by atoms with Crippen LogP contribution in [0.1, 0.15) is 20.8 Å². The van der Waals surface area contributed by atoms with Gasteiger partial charge < -0.3 is 15.2 Å². The number of benzene rings is 1. The van der Waals surface area contributed by atoms with Gasteiger partial charge in [0.05, 0.1) is 7.11 Å². The van der Waals surface area contributed by atoms with Gasteiger partial charge in [0, 0.05) is 18.8 Å². The van der Waals surface area contributed by atoms with Crippen LogP contribution in [0, 0.1) is 0 Å². The molecule has 0 fully saturated rings. The summed E-state index contributed by atoms with van der Waals surface area (Å²) >= 11 is 0. The van der Waals surface area contributed by atoms with Crippen molar-refractivity contribution in [2.24, 2.45) is 5.73 Å². The van der Waals surface area contributed by atoms with Gasteiger partial charge in [0.15, 0.2) is 0 Å². The van der Waals surface area contributed by atoms with Crippen molar-refractivity contribution in [1.29, 1.82) is 0 Å². The molecule has 1 rings (SSSR count). The van der Waals surface area contributed by atoms with Crippen LogP contribution in [0.3, 0.4) is 0 Å². The summed E-state index contributed by atoms with van der Waals surface area (Å²) in [5.74, 6) is 0.737. The Labute approximate surface area is 114 Å². The zero-order valence-electron chi connectivity index (χ0n) is 12.0. The molecule has 0 bridgehead atoms. The second-order valence-corrected chi connectivity index (χ2v) is 5.12. The van der Waals surface area contributed by atoms with E-state index in [4.69, 9.17) is 15.2 Å². The molecular weight excluding hydrogens is 244 g/mol. The van der Waals surface area contributed by atoms with Crippen LogP contribution < -0.4 is 15.4 Å². The van der Waals surface area contributed by atoms with Gasteiger partial charge in [-0.15, -0.1) is 0 Å². The summed E-state index contributed by atoms with van der Waals surface area (Å²) in [6.45, 7) is 6.27. The number of nitrogens with two attached hydrogens (primary N) is 1. The van der Waals surface area contributed by atoms with Crippen molar-refractivity contribution in [2.75, 3.05) is 25.1 Å². The third kappa shape index (κ3) is 4.79. The Kier molecular flexibility index (Phi) is 5.18. The van der Waals surface area contributed by atoms with Gasteiger partial charge in [0.2, 0.25) is 0 Å². The zero-order valence-corrected chi connectivity index (χ0v) is 12.0. The fourth-order valence-electron chi connectivity index (χ4n) is 1.53. The first-order valence-electron chi connectivity index (χ1n) is 6.22. The summed E-state index contributed by atoms with van der Waals surface area (Å²) in [7, 11) is 1.60. The molecule has 0 saturated carbocycles. The van der Waals surface area contributed by atoms with E-state index >= 15 is 0 Å². The van der Waals surface area contributed by atoms with E-state index in [0.717, 1.165) is 11.4 Å². The van der Waals surface area contributed by atoms with E-state index in [-0.39, 0.29) is 0 Å². The fraction of sp³-hybridized carbons (Fsp3) is 0.500. The smallest absolute Gasteiger partial charge is 0.414 e. The van der Waals surface area contributed by atoms with Crippen molar-refractivity contribution in [2.45, 2.75) is 26.4 Å². The van der Waals surface area contributed by atoms with E-state index < -0.39 is 11.7 Å². The number of ether oxygens (including phenoxy) is 2. The first kappa shape index (κ1) is 15.3. The summed E-state index contributed by atoms with van der Waals surface area (Å²) in [5, 5.41) is 0. The summed E-state index contributed by atoms with van der Waals surface area (Å²) in [6, 6.07) is 7.20. The van der Waals surface area contributed by atoms with Crippen molar-refractivity contribution < 1.29 is 14.3 Å². The van der Waals surface area contributed by atoms with Crippen molar-refractivity contribution >= 4 is 11.8 Å². The van der Waals surface area contributed by atoms with Crippen LogP contribution in [-0.2, 0) is 4.74 Å². The Morgan fingerprint density at radius 3 is 2.26 bits per heavy atom. The quantitative estimate of drug-likeness (QED) is 0.908. The van der Waals surface area contributed by atoms with Gasteiger partial charge in [0.1, 0.15) is 11.4 Å². The highest BCUT2D eigenvalue weighted by molar-refractivity contribution is 5.87. The third-order valence-electron chi connectivity index (χ3n) is 2.35. The van der Waals surface area contributed by atoms with Gasteiger partial charge in [-0.2, -0.15) is 0 Å². The van der Waals surface area contributed by atoms with Crippen molar-refractivity contribution in [3.63, 3.8) is 0 Å². The number of nitrogens with zero attached hydrogens (tertiary/aromatic N) is 1. The molecule has 0 aliphatic heterocycles. The lowest BCUT2D eigenvalue weighted by molar-refractivity contribution is 0.0581. The van der Waals surface area contributed by atoms with E-state index in [0.29, 0.717) is 13.1 Å². The van der Waals surface area contributed by atoms with Crippen molar-refractivity contribution in [3.8, 4) is 5.75 Å². The molecule has 1 aromatic carbocycles. The minimum Gasteiger partial charge on any atom is -0.497 e. The first-order valence-corrected chi connectivity index (χ1v) is 6.22. The van der Waals surface area contributed by atoms with Crippen molar-refractivity contribution in [3.05, 3.63) is 24.3 Å². The van der Waals surface area contributed by atoms with E-state index in [1.807, 2.05) is 20.8 Å². The lowest BCUT2D eigenvalue weighted by Crippen LogP contribution is -2.39. The van der Waals surface area contributed by atoms with E-state index in [2.05, 4.69) is 0 Å². The molecule has 0 atom stereocenters. The lowest BCUT2D eigenvalue weighted by atomic mass is 10.2. The van der Waals surface area contributed by atoms with Crippen LogP contribution in [0.15, 0.2) is 24.3 Å². The van der Waals surface area contributed by atoms with Crippen LogP contribution in [-0.4, -0.2) is 31.9 Å². The SMILES string of the molecule is COc1ccc(N(CCN)C(=O)OC(C)(C)C)cc1. The molecule has 19 heavy (non-hydrogen) atoms. The number of methoxy groups -OCH3 is 1. The Morgan fingerprint density at radius 2 is 1.84 bits per heavy atom. The van der Waals surface area contributed by atoms with Gasteiger partial charge >= 0.3 is 6.09 Å². The third-order valence-corrected chi connectivity index (χ3v) is 2.35. The first-order chi connectivity index (χ1) is 8.87. The predicted octanol–water partition coefficient (Wildman–Crippen LogP) is 2.40. The number of amides is 1. The summed E-state index contributed by atoms with van der Waals surface area (Å²) in [6.07, 6.45) is -0.400. The maximum atomic E-state index is 12.1. The number of hydrogen-bond acceptors (Lipinski definition) is 4. The van der Waals surface area contributed by atoms with E-state index in [1.165, 1.54) is 4.90 Å². The Hall–Kier alpha value is -1.75. The van der Waals surface area contributed by atoms with Crippen LogP contribution in [0.4, 0.5) is 10.5 Å². The van der Waals surface area contributed by atoms with Gasteiger partial charge in [-0.25, -0.2) is 4.79 Å². The van der Waals surface area contributed by atoms with Gasteiger partial charge in [-0.1, -0.05) is 0 Å². The number of rotatable bonds is 4. The molecule has 0 radical (unpaired) electrons. The maximum Gasteiger partial charge on any atom is 0.414 e. The number of anilines is 1. The molecule has 1 aromatic rings.